The van der Waals surface area contributed by atoms with Gasteiger partial charge in [-0.2, -0.15) is 0 Å². The lowest BCUT2D eigenvalue weighted by atomic mass is 9.70. The van der Waals surface area contributed by atoms with Crippen LogP contribution in [0.3, 0.4) is 0 Å². The number of hydrogen-bond donors (Lipinski definition) is 1. The first-order chi connectivity index (χ1) is 13.2. The average Bonchev–Trinajstić information content (AvgIpc) is 2.63. The molecule has 164 valence electrons. The molecule has 6 unspecified atom stereocenters. The SMILES string of the molecule is CCC(CC(C)C1CCCC(OCC(=O)OC(C)(C)C)C1)C1CCCC(O)C1. The van der Waals surface area contributed by atoms with Gasteiger partial charge in [0.05, 0.1) is 12.2 Å². The third-order valence-corrected chi connectivity index (χ3v) is 6.88. The molecule has 2 fully saturated rings. The number of aliphatic hydroxyl groups excluding tert-OH is 1. The second-order valence-corrected chi connectivity index (χ2v) is 10.4. The van der Waals surface area contributed by atoms with Crippen molar-refractivity contribution in [1.82, 2.24) is 0 Å². The van der Waals surface area contributed by atoms with Crippen molar-refractivity contribution in [1.29, 1.82) is 0 Å². The van der Waals surface area contributed by atoms with Gasteiger partial charge in [0, 0.05) is 0 Å². The van der Waals surface area contributed by atoms with E-state index >= 15 is 0 Å². The molecule has 0 radical (unpaired) electrons. The maximum absolute atomic E-state index is 11.9. The van der Waals surface area contributed by atoms with Crippen LogP contribution >= 0.6 is 0 Å². The highest BCUT2D eigenvalue weighted by Gasteiger charge is 2.32. The van der Waals surface area contributed by atoms with E-state index in [-0.39, 0.29) is 24.8 Å². The number of carbonyl (C=O) groups excluding carboxylic acids is 1. The summed E-state index contributed by atoms with van der Waals surface area (Å²) in [5.41, 5.74) is -0.452. The van der Waals surface area contributed by atoms with Crippen LogP contribution < -0.4 is 0 Å². The summed E-state index contributed by atoms with van der Waals surface area (Å²) in [7, 11) is 0. The summed E-state index contributed by atoms with van der Waals surface area (Å²) in [6.45, 7) is 10.4. The van der Waals surface area contributed by atoms with Crippen LogP contribution in [0.5, 0.6) is 0 Å². The number of hydrogen-bond acceptors (Lipinski definition) is 4. The van der Waals surface area contributed by atoms with E-state index in [2.05, 4.69) is 13.8 Å². The second-order valence-electron chi connectivity index (χ2n) is 10.4. The van der Waals surface area contributed by atoms with Gasteiger partial charge in [0.15, 0.2) is 0 Å². The standard InChI is InChI=1S/C24H44O4/c1-6-18(20-10-7-11-21(25)14-20)13-17(2)19-9-8-12-22(15-19)27-16-23(26)28-24(3,4)5/h17-22,25H,6-16H2,1-5H3. The second kappa shape index (κ2) is 11.0. The predicted octanol–water partition coefficient (Wildman–Crippen LogP) is 5.51. The van der Waals surface area contributed by atoms with Gasteiger partial charge in [-0.05, 0) is 83.0 Å². The average molecular weight is 397 g/mol. The van der Waals surface area contributed by atoms with E-state index in [1.165, 1.54) is 38.5 Å². The van der Waals surface area contributed by atoms with E-state index in [0.29, 0.717) is 17.8 Å². The van der Waals surface area contributed by atoms with Crippen LogP contribution in [0.4, 0.5) is 0 Å². The van der Waals surface area contributed by atoms with Crippen molar-refractivity contribution in [3.63, 3.8) is 0 Å². The van der Waals surface area contributed by atoms with Crippen LogP contribution in [0.1, 0.15) is 98.8 Å². The van der Waals surface area contributed by atoms with Crippen LogP contribution in [0.15, 0.2) is 0 Å². The number of ether oxygens (including phenoxy) is 2. The highest BCUT2D eigenvalue weighted by Crippen LogP contribution is 2.40. The van der Waals surface area contributed by atoms with Crippen molar-refractivity contribution < 1.29 is 19.4 Å². The lowest BCUT2D eigenvalue weighted by molar-refractivity contribution is -0.163. The molecule has 0 spiro atoms. The van der Waals surface area contributed by atoms with Gasteiger partial charge < -0.3 is 14.6 Å². The lowest BCUT2D eigenvalue weighted by Crippen LogP contribution is -2.32. The molecule has 0 aromatic rings. The first-order valence-electron chi connectivity index (χ1n) is 11.7. The Morgan fingerprint density at radius 3 is 2.39 bits per heavy atom. The fourth-order valence-corrected chi connectivity index (χ4v) is 5.40. The van der Waals surface area contributed by atoms with E-state index in [0.717, 1.165) is 31.6 Å². The highest BCUT2D eigenvalue weighted by atomic mass is 16.6. The molecular formula is C24H44O4. The van der Waals surface area contributed by atoms with Gasteiger partial charge in [-0.25, -0.2) is 4.79 Å². The minimum Gasteiger partial charge on any atom is -0.458 e. The summed E-state index contributed by atoms with van der Waals surface area (Å²) in [6.07, 6.45) is 11.6. The molecule has 0 aromatic carbocycles. The van der Waals surface area contributed by atoms with Crippen LogP contribution in [-0.2, 0) is 14.3 Å². The monoisotopic (exact) mass is 396 g/mol. The van der Waals surface area contributed by atoms with Gasteiger partial charge in [0.25, 0.3) is 0 Å². The number of rotatable bonds is 8. The maximum atomic E-state index is 11.9. The summed E-state index contributed by atoms with van der Waals surface area (Å²) >= 11 is 0. The zero-order valence-corrected chi connectivity index (χ0v) is 18.9. The molecule has 0 amide bonds. The number of aliphatic hydroxyl groups is 1. The minimum atomic E-state index is -0.452. The molecule has 0 aromatic heterocycles. The van der Waals surface area contributed by atoms with Gasteiger partial charge in [-0.3, -0.25) is 0 Å². The van der Waals surface area contributed by atoms with Gasteiger partial charge in [-0.15, -0.1) is 0 Å². The fourth-order valence-electron chi connectivity index (χ4n) is 5.40. The Kier molecular flexibility index (Phi) is 9.27. The number of carbonyl (C=O) groups is 1. The molecule has 4 nitrogen and oxygen atoms in total. The molecule has 0 saturated heterocycles. The molecule has 0 aliphatic heterocycles. The van der Waals surface area contributed by atoms with Crippen LogP contribution in [0.2, 0.25) is 0 Å². The quantitative estimate of drug-likeness (QED) is 0.550. The Bertz CT molecular complexity index is 470. The van der Waals surface area contributed by atoms with Crippen LogP contribution in [0, 0.1) is 23.7 Å². The Morgan fingerprint density at radius 1 is 1.07 bits per heavy atom. The van der Waals surface area contributed by atoms with Gasteiger partial charge >= 0.3 is 5.97 Å². The van der Waals surface area contributed by atoms with E-state index in [4.69, 9.17) is 9.47 Å². The van der Waals surface area contributed by atoms with Crippen LogP contribution in [-0.4, -0.2) is 35.5 Å². The van der Waals surface area contributed by atoms with E-state index < -0.39 is 5.60 Å². The fraction of sp³-hybridized carbons (Fsp3) is 0.958. The van der Waals surface area contributed by atoms with Gasteiger partial charge in [0.2, 0.25) is 0 Å². The summed E-state index contributed by atoms with van der Waals surface area (Å²) in [5, 5.41) is 10.1. The number of esters is 1. The molecule has 0 heterocycles. The smallest absolute Gasteiger partial charge is 0.332 e. The van der Waals surface area contributed by atoms with E-state index in [1.54, 1.807) is 0 Å². The zero-order chi connectivity index (χ0) is 20.7. The molecule has 6 atom stereocenters. The van der Waals surface area contributed by atoms with Crippen molar-refractivity contribution in [3.8, 4) is 0 Å². The summed E-state index contributed by atoms with van der Waals surface area (Å²) < 4.78 is 11.3. The van der Waals surface area contributed by atoms with Crippen molar-refractivity contribution in [2.45, 2.75) is 117 Å². The summed E-state index contributed by atoms with van der Waals surface area (Å²) in [4.78, 5) is 11.9. The van der Waals surface area contributed by atoms with Crippen molar-refractivity contribution in [3.05, 3.63) is 0 Å². The minimum absolute atomic E-state index is 0.0700. The van der Waals surface area contributed by atoms with Crippen molar-refractivity contribution >= 4 is 5.97 Å². The Hall–Kier alpha value is -0.610. The first-order valence-corrected chi connectivity index (χ1v) is 11.7. The molecule has 2 aliphatic rings. The molecule has 1 N–H and O–H groups in total. The topological polar surface area (TPSA) is 55.8 Å². The normalized spacial score (nSPS) is 31.2. The summed E-state index contributed by atoms with van der Waals surface area (Å²) in [6, 6.07) is 0. The highest BCUT2D eigenvalue weighted by molar-refractivity contribution is 5.71. The van der Waals surface area contributed by atoms with Crippen LogP contribution in [0.25, 0.3) is 0 Å². The third kappa shape index (κ3) is 8.02. The Labute approximate surface area is 172 Å². The Balaban J connectivity index is 1.79. The van der Waals surface area contributed by atoms with Crippen molar-refractivity contribution in [2.24, 2.45) is 23.7 Å². The largest absolute Gasteiger partial charge is 0.458 e. The molecule has 2 aliphatic carbocycles. The molecule has 28 heavy (non-hydrogen) atoms. The predicted molar refractivity (Wildman–Crippen MR) is 113 cm³/mol. The Morgan fingerprint density at radius 2 is 1.75 bits per heavy atom. The lowest BCUT2D eigenvalue weighted by Gasteiger charge is -2.37. The molecular weight excluding hydrogens is 352 g/mol. The van der Waals surface area contributed by atoms with E-state index in [9.17, 15) is 9.90 Å². The van der Waals surface area contributed by atoms with Gasteiger partial charge in [-0.1, -0.05) is 39.5 Å². The van der Waals surface area contributed by atoms with E-state index in [1.807, 2.05) is 20.8 Å². The summed E-state index contributed by atoms with van der Waals surface area (Å²) in [5.74, 6) is 2.52. The first kappa shape index (κ1) is 23.7. The molecule has 0 bridgehead atoms. The van der Waals surface area contributed by atoms with Crippen molar-refractivity contribution in [2.75, 3.05) is 6.61 Å². The molecule has 2 saturated carbocycles. The maximum Gasteiger partial charge on any atom is 0.332 e. The zero-order valence-electron chi connectivity index (χ0n) is 18.9. The molecule has 2 rings (SSSR count). The molecule has 4 heteroatoms. The third-order valence-electron chi connectivity index (χ3n) is 6.88. The van der Waals surface area contributed by atoms with Gasteiger partial charge in [0.1, 0.15) is 12.2 Å².